The lowest BCUT2D eigenvalue weighted by molar-refractivity contribution is -0.144. The summed E-state index contributed by atoms with van der Waals surface area (Å²) in [6.07, 6.45) is 0.357. The van der Waals surface area contributed by atoms with Crippen LogP contribution in [0.2, 0.25) is 0 Å². The van der Waals surface area contributed by atoms with Crippen LogP contribution in [0, 0.1) is 11.3 Å². The molecule has 0 amide bonds. The van der Waals surface area contributed by atoms with Crippen molar-refractivity contribution in [3.63, 3.8) is 0 Å². The molecule has 13 heavy (non-hydrogen) atoms. The van der Waals surface area contributed by atoms with Crippen LogP contribution in [-0.2, 0) is 9.59 Å². The molecule has 0 aromatic carbocycles. The second kappa shape index (κ2) is 3.51. The van der Waals surface area contributed by atoms with Crippen LogP contribution < -0.4 is 5.73 Å². The number of carboxylic acids is 2. The van der Waals surface area contributed by atoms with Crippen molar-refractivity contribution in [2.24, 2.45) is 17.1 Å². The van der Waals surface area contributed by atoms with Crippen molar-refractivity contribution in [1.29, 1.82) is 0 Å². The third-order valence-electron chi connectivity index (χ3n) is 2.51. The molecule has 1 rings (SSSR count). The van der Waals surface area contributed by atoms with Crippen LogP contribution in [0.4, 0.5) is 0 Å². The van der Waals surface area contributed by atoms with Gasteiger partial charge in [0.25, 0.3) is 0 Å². The SMILES string of the molecule is C[C@@]1(C(=O)O)C[C@H]1[C@H](N)C(=O)O.Cl. The minimum absolute atomic E-state index is 0. The molecule has 0 saturated heterocycles. The average Bonchev–Trinajstić information content (AvgIpc) is 2.62. The topological polar surface area (TPSA) is 101 Å². The Morgan fingerprint density at radius 2 is 2.00 bits per heavy atom. The summed E-state index contributed by atoms with van der Waals surface area (Å²) in [4.78, 5) is 20.9. The molecule has 0 aliphatic heterocycles. The smallest absolute Gasteiger partial charge is 0.320 e. The number of rotatable bonds is 3. The lowest BCUT2D eigenvalue weighted by Crippen LogP contribution is -2.35. The molecule has 6 heteroatoms. The standard InChI is InChI=1S/C7H11NO4.ClH/c1-7(6(11)12)2-3(7)4(8)5(9)10;/h3-4H,2,8H2,1H3,(H,9,10)(H,11,12);1H/t3-,4-,7+;/m0./s1. The first-order valence-electron chi connectivity index (χ1n) is 3.61. The van der Waals surface area contributed by atoms with Gasteiger partial charge in [0.1, 0.15) is 6.04 Å². The van der Waals surface area contributed by atoms with E-state index in [0.717, 1.165) is 0 Å². The highest BCUT2D eigenvalue weighted by molar-refractivity contribution is 5.85. The van der Waals surface area contributed by atoms with E-state index in [4.69, 9.17) is 15.9 Å². The van der Waals surface area contributed by atoms with Gasteiger partial charge < -0.3 is 15.9 Å². The molecule has 0 aromatic heterocycles. The van der Waals surface area contributed by atoms with Gasteiger partial charge in [-0.25, -0.2) is 0 Å². The fourth-order valence-corrected chi connectivity index (χ4v) is 1.34. The molecule has 0 heterocycles. The van der Waals surface area contributed by atoms with Crippen molar-refractivity contribution in [1.82, 2.24) is 0 Å². The second-order valence-electron chi connectivity index (χ2n) is 3.40. The minimum Gasteiger partial charge on any atom is -0.481 e. The third kappa shape index (κ3) is 1.92. The van der Waals surface area contributed by atoms with Gasteiger partial charge >= 0.3 is 11.9 Å². The maximum absolute atomic E-state index is 10.6. The van der Waals surface area contributed by atoms with Gasteiger partial charge in [-0.2, -0.15) is 0 Å². The fourth-order valence-electron chi connectivity index (χ4n) is 1.34. The van der Waals surface area contributed by atoms with Crippen molar-refractivity contribution in [2.75, 3.05) is 0 Å². The van der Waals surface area contributed by atoms with Crippen LogP contribution in [0.15, 0.2) is 0 Å². The zero-order chi connectivity index (χ0) is 9.52. The van der Waals surface area contributed by atoms with E-state index in [9.17, 15) is 9.59 Å². The molecule has 1 aliphatic rings. The van der Waals surface area contributed by atoms with E-state index in [1.807, 2.05) is 0 Å². The van der Waals surface area contributed by atoms with E-state index in [1.54, 1.807) is 0 Å². The van der Waals surface area contributed by atoms with Gasteiger partial charge in [0.05, 0.1) is 5.41 Å². The Balaban J connectivity index is 0.00000144. The fraction of sp³-hybridized carbons (Fsp3) is 0.714. The minimum atomic E-state index is -1.13. The van der Waals surface area contributed by atoms with Gasteiger partial charge in [-0.1, -0.05) is 0 Å². The Morgan fingerprint density at radius 1 is 1.54 bits per heavy atom. The van der Waals surface area contributed by atoms with Gasteiger partial charge in [0.2, 0.25) is 0 Å². The number of aliphatic carboxylic acids is 2. The van der Waals surface area contributed by atoms with Gasteiger partial charge in [-0.05, 0) is 13.3 Å². The molecule has 0 radical (unpaired) electrons. The predicted octanol–water partition coefficient (Wildman–Crippen LogP) is -0.0691. The largest absolute Gasteiger partial charge is 0.481 e. The maximum Gasteiger partial charge on any atom is 0.320 e. The van der Waals surface area contributed by atoms with Gasteiger partial charge in [0.15, 0.2) is 0 Å². The first kappa shape index (κ1) is 12.2. The zero-order valence-electron chi connectivity index (χ0n) is 7.06. The predicted molar refractivity (Wildman–Crippen MR) is 46.7 cm³/mol. The molecule has 1 saturated carbocycles. The molecule has 0 unspecified atom stereocenters. The third-order valence-corrected chi connectivity index (χ3v) is 2.51. The zero-order valence-corrected chi connectivity index (χ0v) is 7.87. The molecule has 4 N–H and O–H groups in total. The van der Waals surface area contributed by atoms with Gasteiger partial charge in [-0.3, -0.25) is 9.59 Å². The first-order chi connectivity index (χ1) is 5.39. The van der Waals surface area contributed by atoms with Crippen LogP contribution >= 0.6 is 12.4 Å². The normalized spacial score (nSPS) is 32.9. The molecular weight excluding hydrogens is 198 g/mol. The summed E-state index contributed by atoms with van der Waals surface area (Å²) in [6, 6.07) is -1.05. The van der Waals surface area contributed by atoms with Crippen molar-refractivity contribution in [3.8, 4) is 0 Å². The molecular formula is C7H12ClNO4. The lowest BCUT2D eigenvalue weighted by Gasteiger charge is -2.08. The highest BCUT2D eigenvalue weighted by Crippen LogP contribution is 2.53. The quantitative estimate of drug-likeness (QED) is 0.604. The number of hydrogen-bond donors (Lipinski definition) is 3. The molecule has 3 atom stereocenters. The molecule has 1 fully saturated rings. The van der Waals surface area contributed by atoms with Crippen molar-refractivity contribution in [3.05, 3.63) is 0 Å². The summed E-state index contributed by atoms with van der Waals surface area (Å²) in [6.45, 7) is 1.52. The van der Waals surface area contributed by atoms with Crippen molar-refractivity contribution < 1.29 is 19.8 Å². The Morgan fingerprint density at radius 3 is 2.23 bits per heavy atom. The summed E-state index contributed by atoms with van der Waals surface area (Å²) in [5.74, 6) is -2.53. The average molecular weight is 210 g/mol. The van der Waals surface area contributed by atoms with E-state index >= 15 is 0 Å². The second-order valence-corrected chi connectivity index (χ2v) is 3.40. The highest BCUT2D eigenvalue weighted by atomic mass is 35.5. The van der Waals surface area contributed by atoms with Crippen LogP contribution in [0.25, 0.3) is 0 Å². The monoisotopic (exact) mass is 209 g/mol. The maximum atomic E-state index is 10.6. The van der Waals surface area contributed by atoms with E-state index in [1.165, 1.54) is 6.92 Å². The van der Waals surface area contributed by atoms with Gasteiger partial charge in [0, 0.05) is 5.92 Å². The van der Waals surface area contributed by atoms with Crippen molar-refractivity contribution in [2.45, 2.75) is 19.4 Å². The molecule has 1 aliphatic carbocycles. The number of nitrogens with two attached hydrogens (primary N) is 1. The number of carboxylic acid groups (broad SMARTS) is 2. The van der Waals surface area contributed by atoms with Crippen LogP contribution in [0.1, 0.15) is 13.3 Å². The van der Waals surface area contributed by atoms with E-state index < -0.39 is 29.3 Å². The van der Waals surface area contributed by atoms with Crippen molar-refractivity contribution >= 4 is 24.3 Å². The van der Waals surface area contributed by atoms with E-state index in [2.05, 4.69) is 0 Å². The summed E-state index contributed by atoms with van der Waals surface area (Å²) < 4.78 is 0. The Kier molecular flexibility index (Phi) is 3.29. The Hall–Kier alpha value is -0.810. The summed E-state index contributed by atoms with van der Waals surface area (Å²) in [5, 5.41) is 17.2. The molecule has 0 aromatic rings. The lowest BCUT2D eigenvalue weighted by atomic mass is 10.0. The molecule has 5 nitrogen and oxygen atoms in total. The Bertz CT molecular complexity index is 245. The Labute approximate surface area is 81.3 Å². The molecule has 0 bridgehead atoms. The number of carbonyl (C=O) groups is 2. The highest BCUT2D eigenvalue weighted by Gasteiger charge is 2.60. The van der Waals surface area contributed by atoms with Crippen LogP contribution in [-0.4, -0.2) is 28.2 Å². The molecule has 76 valence electrons. The number of hydrogen-bond acceptors (Lipinski definition) is 3. The van der Waals surface area contributed by atoms with Crippen LogP contribution in [0.5, 0.6) is 0 Å². The van der Waals surface area contributed by atoms with Gasteiger partial charge in [-0.15, -0.1) is 12.4 Å². The molecule has 0 spiro atoms. The summed E-state index contributed by atoms with van der Waals surface area (Å²) in [5.41, 5.74) is 4.35. The van der Waals surface area contributed by atoms with Crippen LogP contribution in [0.3, 0.4) is 0 Å². The summed E-state index contributed by atoms with van der Waals surface area (Å²) in [7, 11) is 0. The van der Waals surface area contributed by atoms with E-state index in [0.29, 0.717) is 6.42 Å². The van der Waals surface area contributed by atoms with E-state index in [-0.39, 0.29) is 12.4 Å². The first-order valence-corrected chi connectivity index (χ1v) is 3.61. The summed E-state index contributed by atoms with van der Waals surface area (Å²) >= 11 is 0. The number of halogens is 1.